The molecule has 0 saturated heterocycles. The van der Waals surface area contributed by atoms with Crippen molar-refractivity contribution in [3.8, 4) is 0 Å². The lowest BCUT2D eigenvalue weighted by Crippen LogP contribution is -2.46. The molecular weight excluding hydrogens is 235 g/mol. The fourth-order valence-corrected chi connectivity index (χ4v) is 2.43. The van der Waals surface area contributed by atoms with Gasteiger partial charge in [0.05, 0.1) is 23.9 Å². The zero-order chi connectivity index (χ0) is 13.1. The van der Waals surface area contributed by atoms with E-state index in [0.29, 0.717) is 6.42 Å². The highest BCUT2D eigenvalue weighted by molar-refractivity contribution is 5.94. The summed E-state index contributed by atoms with van der Waals surface area (Å²) < 4.78 is 13.5. The topological polar surface area (TPSA) is 53.4 Å². The maximum atomic E-state index is 13.5. The largest absolute Gasteiger partial charge is 0.391 e. The van der Waals surface area contributed by atoms with Crippen LogP contribution in [0, 0.1) is 5.82 Å². The number of rotatable bonds is 2. The van der Waals surface area contributed by atoms with Crippen LogP contribution in [-0.2, 0) is 0 Å². The van der Waals surface area contributed by atoms with Crippen LogP contribution in [-0.4, -0.2) is 40.1 Å². The van der Waals surface area contributed by atoms with E-state index in [4.69, 9.17) is 0 Å². The average Bonchev–Trinajstić information content (AvgIpc) is 2.38. The fraction of sp³-hybridized carbons (Fsp3) is 0.538. The van der Waals surface area contributed by atoms with Gasteiger partial charge in [0.15, 0.2) is 5.82 Å². The second-order valence-corrected chi connectivity index (χ2v) is 4.69. The Bertz CT molecular complexity index is 439. The molecular formula is C13H17FN2O2. The van der Waals surface area contributed by atoms with E-state index in [0.717, 1.165) is 25.5 Å². The van der Waals surface area contributed by atoms with Crippen molar-refractivity contribution in [2.24, 2.45) is 0 Å². The van der Waals surface area contributed by atoms with E-state index in [-0.39, 0.29) is 11.6 Å². The number of hydrogen-bond acceptors (Lipinski definition) is 3. The number of carbonyl (C=O) groups excluding carboxylic acids is 1. The number of nitrogens with zero attached hydrogens (tertiary/aromatic N) is 2. The molecule has 2 rings (SSSR count). The molecule has 0 aliphatic heterocycles. The van der Waals surface area contributed by atoms with Gasteiger partial charge >= 0.3 is 0 Å². The number of aliphatic hydroxyl groups is 1. The van der Waals surface area contributed by atoms with Gasteiger partial charge in [-0.3, -0.25) is 9.78 Å². The molecule has 1 amide bonds. The minimum atomic E-state index is -0.625. The zero-order valence-corrected chi connectivity index (χ0v) is 10.3. The summed E-state index contributed by atoms with van der Waals surface area (Å²) in [5.74, 6) is -1.03. The van der Waals surface area contributed by atoms with Gasteiger partial charge in [0.25, 0.3) is 5.91 Å². The number of aliphatic hydroxyl groups excluding tert-OH is 1. The molecule has 5 heteroatoms. The summed E-state index contributed by atoms with van der Waals surface area (Å²) in [6.07, 6.45) is 5.32. The molecule has 1 aliphatic rings. The van der Waals surface area contributed by atoms with Gasteiger partial charge < -0.3 is 10.0 Å². The third-order valence-electron chi connectivity index (χ3n) is 3.51. The van der Waals surface area contributed by atoms with Gasteiger partial charge in [0, 0.05) is 13.2 Å². The van der Waals surface area contributed by atoms with Gasteiger partial charge in [-0.25, -0.2) is 4.39 Å². The summed E-state index contributed by atoms with van der Waals surface area (Å²) in [7, 11) is 1.61. The number of pyridine rings is 1. The molecule has 4 nitrogen and oxygen atoms in total. The molecule has 0 bridgehead atoms. The first-order valence-corrected chi connectivity index (χ1v) is 6.16. The highest BCUT2D eigenvalue weighted by Gasteiger charge is 2.30. The van der Waals surface area contributed by atoms with Crippen LogP contribution >= 0.6 is 0 Å². The zero-order valence-electron chi connectivity index (χ0n) is 10.3. The highest BCUT2D eigenvalue weighted by Crippen LogP contribution is 2.23. The summed E-state index contributed by atoms with van der Waals surface area (Å²) in [5, 5.41) is 9.90. The molecule has 1 aliphatic carbocycles. The van der Waals surface area contributed by atoms with Crippen molar-refractivity contribution < 1.29 is 14.3 Å². The van der Waals surface area contributed by atoms with Crippen LogP contribution in [0.25, 0.3) is 0 Å². The molecule has 2 unspecified atom stereocenters. The quantitative estimate of drug-likeness (QED) is 0.869. The smallest absolute Gasteiger partial charge is 0.257 e. The Balaban J connectivity index is 2.16. The lowest BCUT2D eigenvalue weighted by Gasteiger charge is -2.35. The summed E-state index contributed by atoms with van der Waals surface area (Å²) in [6.45, 7) is 0. The third kappa shape index (κ3) is 2.51. The van der Waals surface area contributed by atoms with Crippen molar-refractivity contribution in [3.05, 3.63) is 29.8 Å². The lowest BCUT2D eigenvalue weighted by molar-refractivity contribution is 0.0265. The van der Waals surface area contributed by atoms with Gasteiger partial charge in [0.1, 0.15) is 0 Å². The summed E-state index contributed by atoms with van der Waals surface area (Å²) >= 11 is 0. The molecule has 1 aromatic rings. The number of aromatic nitrogens is 1. The minimum Gasteiger partial charge on any atom is -0.391 e. The lowest BCUT2D eigenvalue weighted by atomic mass is 9.91. The number of carbonyl (C=O) groups is 1. The van der Waals surface area contributed by atoms with Crippen molar-refractivity contribution in [2.75, 3.05) is 7.05 Å². The Morgan fingerprint density at radius 1 is 1.50 bits per heavy atom. The summed E-state index contributed by atoms with van der Waals surface area (Å²) in [5.41, 5.74) is 0.00488. The Labute approximate surface area is 105 Å². The molecule has 1 saturated carbocycles. The third-order valence-corrected chi connectivity index (χ3v) is 3.51. The predicted octanol–water partition coefficient (Wildman–Crippen LogP) is 1.60. The number of halogens is 1. The molecule has 2 atom stereocenters. The van der Waals surface area contributed by atoms with Gasteiger partial charge in [0.2, 0.25) is 0 Å². The van der Waals surface area contributed by atoms with Gasteiger partial charge in [-0.15, -0.1) is 0 Å². The number of likely N-dealkylation sites (N-methyl/N-ethyl adjacent to an activating group) is 1. The first-order valence-electron chi connectivity index (χ1n) is 6.16. The molecule has 1 aromatic heterocycles. The molecule has 0 aromatic carbocycles. The van der Waals surface area contributed by atoms with Crippen LogP contribution in [0.3, 0.4) is 0 Å². The van der Waals surface area contributed by atoms with E-state index in [9.17, 15) is 14.3 Å². The van der Waals surface area contributed by atoms with E-state index in [1.807, 2.05) is 0 Å². The van der Waals surface area contributed by atoms with Crippen molar-refractivity contribution in [2.45, 2.75) is 37.8 Å². The minimum absolute atomic E-state index is 0.00488. The van der Waals surface area contributed by atoms with E-state index >= 15 is 0 Å². The first-order chi connectivity index (χ1) is 8.61. The van der Waals surface area contributed by atoms with Gasteiger partial charge in [-0.1, -0.05) is 12.8 Å². The molecule has 1 fully saturated rings. The number of hydrogen-bond donors (Lipinski definition) is 1. The van der Waals surface area contributed by atoms with Gasteiger partial charge in [-0.05, 0) is 18.9 Å². The van der Waals surface area contributed by atoms with Crippen LogP contribution < -0.4 is 0 Å². The maximum Gasteiger partial charge on any atom is 0.257 e. The molecule has 1 heterocycles. The van der Waals surface area contributed by atoms with Crippen molar-refractivity contribution >= 4 is 5.91 Å². The Morgan fingerprint density at radius 2 is 2.22 bits per heavy atom. The Morgan fingerprint density at radius 3 is 2.89 bits per heavy atom. The second kappa shape index (κ2) is 5.44. The van der Waals surface area contributed by atoms with Crippen molar-refractivity contribution in [1.82, 2.24) is 9.88 Å². The van der Waals surface area contributed by atoms with Crippen LogP contribution in [0.5, 0.6) is 0 Å². The Hall–Kier alpha value is -1.49. The summed E-state index contributed by atoms with van der Waals surface area (Å²) in [4.78, 5) is 17.2. The van der Waals surface area contributed by atoms with Crippen LogP contribution in [0.1, 0.15) is 36.0 Å². The number of amides is 1. The van der Waals surface area contributed by atoms with E-state index in [2.05, 4.69) is 4.98 Å². The summed E-state index contributed by atoms with van der Waals surface area (Å²) in [6, 6.07) is 1.14. The van der Waals surface area contributed by atoms with Crippen LogP contribution in [0.15, 0.2) is 18.5 Å². The molecule has 0 radical (unpaired) electrons. The average molecular weight is 252 g/mol. The molecule has 1 N–H and O–H groups in total. The molecule has 98 valence electrons. The Kier molecular flexibility index (Phi) is 3.91. The fourth-order valence-electron chi connectivity index (χ4n) is 2.43. The van der Waals surface area contributed by atoms with Crippen LogP contribution in [0.4, 0.5) is 4.39 Å². The SMILES string of the molecule is CN(C(=O)c1ccncc1F)C1CCCCC1O. The van der Waals surface area contributed by atoms with Crippen LogP contribution in [0.2, 0.25) is 0 Å². The molecule has 0 spiro atoms. The standard InChI is InChI=1S/C13H17FN2O2/c1-16(11-4-2-3-5-12(11)17)13(18)9-6-7-15-8-10(9)14/h6-8,11-12,17H,2-5H2,1H3. The molecule has 18 heavy (non-hydrogen) atoms. The normalized spacial score (nSPS) is 23.7. The van der Waals surface area contributed by atoms with E-state index < -0.39 is 17.8 Å². The maximum absolute atomic E-state index is 13.5. The second-order valence-electron chi connectivity index (χ2n) is 4.69. The predicted molar refractivity (Wildman–Crippen MR) is 64.6 cm³/mol. The van der Waals surface area contributed by atoms with E-state index in [1.165, 1.54) is 17.2 Å². The van der Waals surface area contributed by atoms with E-state index in [1.54, 1.807) is 7.05 Å². The first kappa shape index (κ1) is 13.0. The highest BCUT2D eigenvalue weighted by atomic mass is 19.1. The van der Waals surface area contributed by atoms with Crippen molar-refractivity contribution in [1.29, 1.82) is 0 Å². The van der Waals surface area contributed by atoms with Crippen molar-refractivity contribution in [3.63, 3.8) is 0 Å². The monoisotopic (exact) mass is 252 g/mol. The van der Waals surface area contributed by atoms with Gasteiger partial charge in [-0.2, -0.15) is 0 Å².